The van der Waals surface area contributed by atoms with Gasteiger partial charge in [-0.25, -0.2) is 9.37 Å². The van der Waals surface area contributed by atoms with Gasteiger partial charge in [0.25, 0.3) is 0 Å². The minimum atomic E-state index is -0.319. The van der Waals surface area contributed by atoms with Gasteiger partial charge in [-0.05, 0) is 79.8 Å². The van der Waals surface area contributed by atoms with E-state index in [2.05, 4.69) is 54.8 Å². The van der Waals surface area contributed by atoms with Crippen molar-refractivity contribution < 1.29 is 4.39 Å². The number of H-pyrrole nitrogens is 1. The second-order valence-corrected chi connectivity index (χ2v) is 9.25. The molecule has 0 saturated carbocycles. The molecule has 0 unspecified atom stereocenters. The molecule has 6 heteroatoms. The second-order valence-electron chi connectivity index (χ2n) is 9.25. The topological polar surface area (TPSA) is 79.6 Å². The van der Waals surface area contributed by atoms with Crippen LogP contribution in [0.1, 0.15) is 45.9 Å². The first-order valence-corrected chi connectivity index (χ1v) is 13.5. The molecule has 0 saturated heterocycles. The molecule has 212 valence electrons. The Labute approximate surface area is 243 Å². The lowest BCUT2D eigenvalue weighted by atomic mass is 9.99. The first-order chi connectivity index (χ1) is 19.8. The zero-order chi connectivity index (χ0) is 30.4. The van der Waals surface area contributed by atoms with Crippen LogP contribution in [-0.2, 0) is 6.42 Å². The normalized spacial score (nSPS) is 12.4. The summed E-state index contributed by atoms with van der Waals surface area (Å²) in [5.74, 6) is 0.401. The smallest absolute Gasteiger partial charge is 0.123 e. The SMILES string of the molecule is C#C.C=C/C(=C\C(=C/C)C(=C)/C=C(Cc1nc2c(-c3cccc(F)c3)nccc2[nH]1)\C(N)=C/C)NC(=C)CCCC. The predicted octanol–water partition coefficient (Wildman–Crippen LogP) is 8.21. The fourth-order valence-corrected chi connectivity index (χ4v) is 4.14. The monoisotopic (exact) mass is 549 g/mol. The van der Waals surface area contributed by atoms with E-state index in [1.165, 1.54) is 12.1 Å². The van der Waals surface area contributed by atoms with Crippen molar-refractivity contribution >= 4 is 11.0 Å². The summed E-state index contributed by atoms with van der Waals surface area (Å²) in [6.45, 7) is 18.4. The van der Waals surface area contributed by atoms with Gasteiger partial charge >= 0.3 is 0 Å². The zero-order valence-electron chi connectivity index (χ0n) is 24.3. The first-order valence-electron chi connectivity index (χ1n) is 13.5. The molecule has 0 radical (unpaired) electrons. The van der Waals surface area contributed by atoms with Crippen LogP contribution in [0.5, 0.6) is 0 Å². The molecule has 4 N–H and O–H groups in total. The molecule has 0 aliphatic heterocycles. The highest BCUT2D eigenvalue weighted by Gasteiger charge is 2.14. The van der Waals surface area contributed by atoms with Crippen LogP contribution in [0.15, 0.2) is 120 Å². The number of fused-ring (bicyclic) bond motifs is 1. The quantitative estimate of drug-likeness (QED) is 0.148. The number of nitrogens with one attached hydrogen (secondary N) is 2. The molecule has 0 fully saturated rings. The number of halogens is 1. The lowest BCUT2D eigenvalue weighted by Gasteiger charge is -2.13. The lowest BCUT2D eigenvalue weighted by Crippen LogP contribution is -2.11. The van der Waals surface area contributed by atoms with E-state index < -0.39 is 0 Å². The average Bonchev–Trinajstić information content (AvgIpc) is 3.41. The number of nitrogens with zero attached hydrogens (tertiary/aromatic N) is 2. The van der Waals surface area contributed by atoms with Gasteiger partial charge in [-0.15, -0.1) is 12.8 Å². The summed E-state index contributed by atoms with van der Waals surface area (Å²) in [4.78, 5) is 12.7. The van der Waals surface area contributed by atoms with Crippen LogP contribution >= 0.6 is 0 Å². The van der Waals surface area contributed by atoms with Crippen LogP contribution < -0.4 is 11.1 Å². The zero-order valence-corrected chi connectivity index (χ0v) is 24.3. The Kier molecular flexibility index (Phi) is 12.8. The van der Waals surface area contributed by atoms with Crippen molar-refractivity contribution in [1.29, 1.82) is 0 Å². The molecular formula is C35H40FN5. The number of terminal acetylenes is 1. The van der Waals surface area contributed by atoms with E-state index in [4.69, 9.17) is 10.7 Å². The Morgan fingerprint density at radius 1 is 1.15 bits per heavy atom. The Morgan fingerprint density at radius 3 is 2.54 bits per heavy atom. The number of imidazole rings is 1. The van der Waals surface area contributed by atoms with Crippen LogP contribution in [0.4, 0.5) is 4.39 Å². The third-order valence-electron chi connectivity index (χ3n) is 6.30. The molecule has 0 atom stereocenters. The van der Waals surface area contributed by atoms with Gasteiger partial charge in [0.05, 0.1) is 11.2 Å². The number of hydrogen-bond acceptors (Lipinski definition) is 4. The summed E-state index contributed by atoms with van der Waals surface area (Å²) in [7, 11) is 0. The predicted molar refractivity (Wildman–Crippen MR) is 172 cm³/mol. The fourth-order valence-electron chi connectivity index (χ4n) is 4.14. The van der Waals surface area contributed by atoms with Gasteiger partial charge in [-0.2, -0.15) is 0 Å². The number of aromatic nitrogens is 3. The van der Waals surface area contributed by atoms with E-state index in [9.17, 15) is 4.39 Å². The molecule has 2 heterocycles. The van der Waals surface area contributed by atoms with Crippen LogP contribution in [0.3, 0.4) is 0 Å². The van der Waals surface area contributed by atoms with Crippen molar-refractivity contribution in [3.05, 3.63) is 132 Å². The average molecular weight is 550 g/mol. The van der Waals surface area contributed by atoms with Crippen molar-refractivity contribution in [2.75, 3.05) is 0 Å². The molecule has 0 aliphatic rings. The number of hydrogen-bond donors (Lipinski definition) is 3. The maximum Gasteiger partial charge on any atom is 0.123 e. The van der Waals surface area contributed by atoms with Gasteiger partial charge in [0.2, 0.25) is 0 Å². The molecule has 0 amide bonds. The van der Waals surface area contributed by atoms with Gasteiger partial charge in [0, 0.05) is 35.3 Å². The third-order valence-corrected chi connectivity index (χ3v) is 6.30. The molecule has 5 nitrogen and oxygen atoms in total. The Balaban J connectivity index is 0.00000287. The van der Waals surface area contributed by atoms with Crippen LogP contribution in [-0.4, -0.2) is 15.0 Å². The largest absolute Gasteiger partial charge is 0.399 e. The van der Waals surface area contributed by atoms with Gasteiger partial charge in [-0.1, -0.05) is 57.4 Å². The standard InChI is InChI=1S/C33H38FN5.C2H2/c1-7-11-13-23(6)37-28(9-3)20-24(8-2)22(5)18-26(29(35)10-4)21-31-38-30-16-17-36-32(33(30)39-31)25-14-12-15-27(34)19-25;1-2/h8-10,12,14-20,37H,3,5-7,11,13,21,35H2,1-2,4H3,(H,38,39);1-2H/b24-8+,26-18-,28-20+,29-10+;. The van der Waals surface area contributed by atoms with Crippen LogP contribution in [0.2, 0.25) is 0 Å². The van der Waals surface area contributed by atoms with Crippen molar-refractivity contribution in [3.63, 3.8) is 0 Å². The maximum atomic E-state index is 13.9. The van der Waals surface area contributed by atoms with Crippen molar-refractivity contribution in [3.8, 4) is 24.1 Å². The third kappa shape index (κ3) is 9.08. The molecule has 3 aromatic rings. The molecule has 2 aromatic heterocycles. The minimum absolute atomic E-state index is 0.319. The van der Waals surface area contributed by atoms with E-state index in [-0.39, 0.29) is 5.82 Å². The number of rotatable bonds is 13. The molecule has 0 aliphatic carbocycles. The number of aromatic amines is 1. The summed E-state index contributed by atoms with van der Waals surface area (Å²) in [6.07, 6.45) is 22.9. The summed E-state index contributed by atoms with van der Waals surface area (Å²) in [5.41, 5.74) is 14.2. The van der Waals surface area contributed by atoms with E-state index in [1.54, 1.807) is 18.3 Å². The molecule has 1 aromatic carbocycles. The van der Waals surface area contributed by atoms with Gasteiger partial charge in [0.1, 0.15) is 17.2 Å². The molecule has 3 rings (SSSR count). The summed E-state index contributed by atoms with van der Waals surface area (Å²) >= 11 is 0. The Hall–Kier alpha value is -4.89. The molecule has 41 heavy (non-hydrogen) atoms. The summed E-state index contributed by atoms with van der Waals surface area (Å²) in [6, 6.07) is 8.22. The van der Waals surface area contributed by atoms with E-state index in [0.29, 0.717) is 28.9 Å². The number of allylic oxidation sites excluding steroid dienone is 9. The van der Waals surface area contributed by atoms with Crippen LogP contribution in [0.25, 0.3) is 22.3 Å². The highest BCUT2D eigenvalue weighted by molar-refractivity contribution is 5.89. The Bertz CT molecular complexity index is 1530. The number of unbranched alkanes of at least 4 members (excludes halogenated alkanes) is 1. The van der Waals surface area contributed by atoms with E-state index >= 15 is 0 Å². The molecule has 0 spiro atoms. The van der Waals surface area contributed by atoms with Crippen molar-refractivity contribution in [1.82, 2.24) is 20.3 Å². The van der Waals surface area contributed by atoms with Crippen molar-refractivity contribution in [2.24, 2.45) is 5.73 Å². The van der Waals surface area contributed by atoms with Gasteiger partial charge in [-0.3, -0.25) is 4.98 Å². The van der Waals surface area contributed by atoms with E-state index in [1.807, 2.05) is 50.3 Å². The molecule has 0 bridgehead atoms. The highest BCUT2D eigenvalue weighted by atomic mass is 19.1. The number of benzene rings is 1. The van der Waals surface area contributed by atoms with Gasteiger partial charge in [0.15, 0.2) is 0 Å². The summed E-state index contributed by atoms with van der Waals surface area (Å²) < 4.78 is 13.9. The molecular weight excluding hydrogens is 509 g/mol. The summed E-state index contributed by atoms with van der Waals surface area (Å²) in [5, 5.41) is 3.35. The maximum absolute atomic E-state index is 13.9. The minimum Gasteiger partial charge on any atom is -0.399 e. The lowest BCUT2D eigenvalue weighted by molar-refractivity contribution is 0.628. The highest BCUT2D eigenvalue weighted by Crippen LogP contribution is 2.27. The van der Waals surface area contributed by atoms with Crippen LogP contribution in [0, 0.1) is 18.7 Å². The second kappa shape index (κ2) is 16.3. The van der Waals surface area contributed by atoms with E-state index in [0.717, 1.165) is 58.7 Å². The van der Waals surface area contributed by atoms with Gasteiger partial charge < -0.3 is 16.0 Å². The fraction of sp³-hybridized carbons (Fsp3) is 0.200. The Morgan fingerprint density at radius 2 is 1.90 bits per heavy atom. The number of nitrogens with two attached hydrogens (primary N) is 1. The number of pyridine rings is 1. The van der Waals surface area contributed by atoms with Crippen molar-refractivity contribution in [2.45, 2.75) is 46.5 Å². The first kappa shape index (κ1) is 32.3.